The van der Waals surface area contributed by atoms with E-state index in [1.54, 1.807) is 0 Å². The van der Waals surface area contributed by atoms with Gasteiger partial charge in [0, 0.05) is 26.2 Å². The van der Waals surface area contributed by atoms with Gasteiger partial charge in [0.05, 0.1) is 0 Å². The van der Waals surface area contributed by atoms with E-state index in [1.165, 1.54) is 30.6 Å². The molecule has 1 aliphatic rings. The first kappa shape index (κ1) is 16.1. The summed E-state index contributed by atoms with van der Waals surface area (Å²) in [5.74, 6) is 0.421. The van der Waals surface area contributed by atoms with Crippen molar-refractivity contribution in [2.24, 2.45) is 0 Å². The maximum atomic E-state index is 12.8. The van der Waals surface area contributed by atoms with Crippen molar-refractivity contribution in [3.63, 3.8) is 0 Å². The van der Waals surface area contributed by atoms with Crippen LogP contribution in [0.2, 0.25) is 0 Å². The zero-order valence-electron chi connectivity index (χ0n) is 13.3. The summed E-state index contributed by atoms with van der Waals surface area (Å²) in [6.45, 7) is 5.68. The maximum Gasteiger partial charge on any atom is 0.268 e. The van der Waals surface area contributed by atoms with Crippen LogP contribution in [0, 0.1) is 0 Å². The van der Waals surface area contributed by atoms with Crippen LogP contribution < -0.4 is 10.6 Å². The highest BCUT2D eigenvalue weighted by Crippen LogP contribution is 2.31. The van der Waals surface area contributed by atoms with Crippen molar-refractivity contribution in [2.75, 3.05) is 30.8 Å². The SMILES string of the molecule is CCN(C)c1nc(N)c(C(=O)N(CC)C2CCCCC2)s1. The number of nitrogens with zero attached hydrogens (tertiary/aromatic N) is 3. The lowest BCUT2D eigenvalue weighted by Gasteiger charge is -2.33. The Balaban J connectivity index is 2.18. The summed E-state index contributed by atoms with van der Waals surface area (Å²) in [5, 5.41) is 0.818. The molecule has 1 fully saturated rings. The molecule has 0 unspecified atom stereocenters. The van der Waals surface area contributed by atoms with Crippen molar-refractivity contribution in [1.29, 1.82) is 0 Å². The van der Waals surface area contributed by atoms with Crippen molar-refractivity contribution >= 4 is 28.2 Å². The summed E-state index contributed by atoms with van der Waals surface area (Å²) in [6.07, 6.45) is 5.95. The molecule has 0 radical (unpaired) electrons. The predicted octanol–water partition coefficient (Wildman–Crippen LogP) is 2.98. The zero-order valence-corrected chi connectivity index (χ0v) is 14.1. The van der Waals surface area contributed by atoms with Crippen LogP contribution in [0.3, 0.4) is 0 Å². The molecule has 2 N–H and O–H groups in total. The summed E-state index contributed by atoms with van der Waals surface area (Å²) in [7, 11) is 1.96. The molecule has 0 saturated heterocycles. The van der Waals surface area contributed by atoms with Crippen LogP contribution in [0.4, 0.5) is 10.9 Å². The third kappa shape index (κ3) is 3.48. The minimum absolute atomic E-state index is 0.0511. The topological polar surface area (TPSA) is 62.5 Å². The number of hydrogen-bond acceptors (Lipinski definition) is 5. The van der Waals surface area contributed by atoms with Crippen LogP contribution in [0.15, 0.2) is 0 Å². The van der Waals surface area contributed by atoms with Gasteiger partial charge in [-0.2, -0.15) is 0 Å². The number of aromatic nitrogens is 1. The molecule has 1 aromatic heterocycles. The molecule has 0 aliphatic heterocycles. The van der Waals surface area contributed by atoms with E-state index in [0.29, 0.717) is 16.7 Å². The Bertz CT molecular complexity index is 482. The van der Waals surface area contributed by atoms with Crippen molar-refractivity contribution in [1.82, 2.24) is 9.88 Å². The van der Waals surface area contributed by atoms with Gasteiger partial charge in [0.1, 0.15) is 10.7 Å². The van der Waals surface area contributed by atoms with Gasteiger partial charge in [0.25, 0.3) is 5.91 Å². The number of thiazole rings is 1. The number of nitrogen functional groups attached to an aromatic ring is 1. The van der Waals surface area contributed by atoms with E-state index in [4.69, 9.17) is 5.73 Å². The van der Waals surface area contributed by atoms with Crippen molar-refractivity contribution in [2.45, 2.75) is 52.0 Å². The molecule has 2 rings (SSSR count). The van der Waals surface area contributed by atoms with Crippen molar-refractivity contribution < 1.29 is 4.79 Å². The highest BCUT2D eigenvalue weighted by atomic mass is 32.1. The maximum absolute atomic E-state index is 12.8. The van der Waals surface area contributed by atoms with E-state index in [9.17, 15) is 4.79 Å². The molecule has 0 aromatic carbocycles. The average molecular weight is 310 g/mol. The fraction of sp³-hybridized carbons (Fsp3) is 0.733. The zero-order chi connectivity index (χ0) is 15.4. The molecular weight excluding hydrogens is 284 g/mol. The van der Waals surface area contributed by atoms with Crippen LogP contribution in [-0.4, -0.2) is 42.0 Å². The summed E-state index contributed by atoms with van der Waals surface area (Å²) >= 11 is 1.41. The molecule has 1 heterocycles. The fourth-order valence-electron chi connectivity index (χ4n) is 2.86. The predicted molar refractivity (Wildman–Crippen MR) is 89.1 cm³/mol. The first-order valence-corrected chi connectivity index (χ1v) is 8.68. The molecule has 5 nitrogen and oxygen atoms in total. The third-order valence-corrected chi connectivity index (χ3v) is 5.43. The monoisotopic (exact) mass is 310 g/mol. The van der Waals surface area contributed by atoms with Gasteiger partial charge in [-0.05, 0) is 26.7 Å². The van der Waals surface area contributed by atoms with E-state index in [-0.39, 0.29) is 5.91 Å². The van der Waals surface area contributed by atoms with Gasteiger partial charge in [0.15, 0.2) is 5.13 Å². The molecular formula is C15H26N4OS. The molecule has 21 heavy (non-hydrogen) atoms. The van der Waals surface area contributed by atoms with E-state index < -0.39 is 0 Å². The molecule has 1 saturated carbocycles. The van der Waals surface area contributed by atoms with Crippen molar-refractivity contribution in [3.05, 3.63) is 4.88 Å². The summed E-state index contributed by atoms with van der Waals surface area (Å²) < 4.78 is 0. The third-order valence-electron chi connectivity index (χ3n) is 4.25. The van der Waals surface area contributed by atoms with Gasteiger partial charge in [-0.15, -0.1) is 0 Å². The number of rotatable bonds is 5. The lowest BCUT2D eigenvalue weighted by Crippen LogP contribution is -2.41. The Labute approximate surface area is 131 Å². The number of nitrogens with two attached hydrogens (primary N) is 1. The molecule has 0 atom stereocenters. The first-order valence-electron chi connectivity index (χ1n) is 7.86. The molecule has 0 spiro atoms. The Kier molecular flexibility index (Phi) is 5.45. The van der Waals surface area contributed by atoms with Crippen LogP contribution in [0.5, 0.6) is 0 Å². The molecule has 6 heteroatoms. The van der Waals surface area contributed by atoms with Gasteiger partial charge < -0.3 is 15.5 Å². The van der Waals surface area contributed by atoms with Crippen LogP contribution in [0.1, 0.15) is 55.6 Å². The second-order valence-electron chi connectivity index (χ2n) is 5.61. The lowest BCUT2D eigenvalue weighted by molar-refractivity contribution is 0.0654. The van der Waals surface area contributed by atoms with E-state index in [0.717, 1.165) is 31.1 Å². The molecule has 118 valence electrons. The lowest BCUT2D eigenvalue weighted by atomic mass is 9.94. The standard InChI is InChI=1S/C15H26N4OS/c1-4-18(3)15-17-13(16)12(21-15)14(20)19(5-2)11-9-7-6-8-10-11/h11H,4-10,16H2,1-3H3. The van der Waals surface area contributed by atoms with Crippen LogP contribution in [0.25, 0.3) is 0 Å². The molecule has 1 aromatic rings. The number of hydrogen-bond donors (Lipinski definition) is 1. The van der Waals surface area contributed by atoms with E-state index >= 15 is 0 Å². The van der Waals surface area contributed by atoms with Crippen LogP contribution in [-0.2, 0) is 0 Å². The normalized spacial score (nSPS) is 16.0. The van der Waals surface area contributed by atoms with Crippen molar-refractivity contribution in [3.8, 4) is 0 Å². The van der Waals surface area contributed by atoms with Crippen LogP contribution >= 0.6 is 11.3 Å². The average Bonchev–Trinajstić information content (AvgIpc) is 2.90. The highest BCUT2D eigenvalue weighted by molar-refractivity contribution is 7.18. The quantitative estimate of drug-likeness (QED) is 0.908. The highest BCUT2D eigenvalue weighted by Gasteiger charge is 2.28. The van der Waals surface area contributed by atoms with Gasteiger partial charge in [-0.25, -0.2) is 4.98 Å². The van der Waals surface area contributed by atoms with E-state index in [2.05, 4.69) is 11.9 Å². The fourth-order valence-corrected chi connectivity index (χ4v) is 3.83. The second kappa shape index (κ2) is 7.11. The Morgan fingerprint density at radius 1 is 1.29 bits per heavy atom. The number of carbonyl (C=O) groups excluding carboxylic acids is 1. The van der Waals surface area contributed by atoms with Gasteiger partial charge in [-0.1, -0.05) is 30.6 Å². The van der Waals surface area contributed by atoms with Gasteiger partial charge in [0.2, 0.25) is 0 Å². The summed E-state index contributed by atoms with van der Waals surface area (Å²) in [6, 6.07) is 0.366. The smallest absolute Gasteiger partial charge is 0.268 e. The minimum atomic E-state index is 0.0511. The Hall–Kier alpha value is -1.30. The number of anilines is 2. The Morgan fingerprint density at radius 2 is 1.95 bits per heavy atom. The van der Waals surface area contributed by atoms with Gasteiger partial charge >= 0.3 is 0 Å². The minimum Gasteiger partial charge on any atom is -0.382 e. The first-order chi connectivity index (χ1) is 10.1. The molecule has 0 bridgehead atoms. The largest absolute Gasteiger partial charge is 0.382 e. The van der Waals surface area contributed by atoms with Gasteiger partial charge in [-0.3, -0.25) is 4.79 Å². The summed E-state index contributed by atoms with van der Waals surface area (Å²) in [5.41, 5.74) is 5.98. The van der Waals surface area contributed by atoms with E-state index in [1.807, 2.05) is 23.8 Å². The number of amides is 1. The molecule has 1 aliphatic carbocycles. The number of carbonyl (C=O) groups is 1. The summed E-state index contributed by atoms with van der Waals surface area (Å²) in [4.78, 5) is 21.7. The second-order valence-corrected chi connectivity index (χ2v) is 6.59. The Morgan fingerprint density at radius 3 is 2.52 bits per heavy atom. The molecule has 1 amide bonds.